The average molecular weight is 417 g/mol. The lowest BCUT2D eigenvalue weighted by Gasteiger charge is -2.34. The van der Waals surface area contributed by atoms with Crippen molar-refractivity contribution in [2.24, 2.45) is 0 Å². The molecule has 2 aromatic heterocycles. The van der Waals surface area contributed by atoms with E-state index in [9.17, 15) is 13.2 Å². The van der Waals surface area contributed by atoms with Crippen molar-refractivity contribution in [2.75, 3.05) is 13.7 Å². The fourth-order valence-corrected chi connectivity index (χ4v) is 5.47. The molecule has 1 aromatic carbocycles. The first-order valence-corrected chi connectivity index (χ1v) is 11.0. The predicted octanol–water partition coefficient (Wildman–Crippen LogP) is 2.56. The molecule has 0 amide bonds. The van der Waals surface area contributed by atoms with Crippen molar-refractivity contribution in [1.29, 1.82) is 0 Å². The van der Waals surface area contributed by atoms with Crippen LogP contribution in [0.5, 0.6) is 5.75 Å². The number of fused-ring (bicyclic) bond motifs is 1. The molecule has 1 N–H and O–H groups in total. The van der Waals surface area contributed by atoms with Gasteiger partial charge in [0.05, 0.1) is 23.7 Å². The fourth-order valence-electron chi connectivity index (χ4n) is 3.79. The van der Waals surface area contributed by atoms with E-state index >= 15 is 0 Å². The van der Waals surface area contributed by atoms with Gasteiger partial charge in [-0.05, 0) is 51.0 Å². The van der Waals surface area contributed by atoms with Crippen molar-refractivity contribution < 1.29 is 13.2 Å². The minimum atomic E-state index is -3.70. The zero-order valence-corrected chi connectivity index (χ0v) is 17.5. The number of aryl methyl sites for hydroxylation is 1. The fraction of sp³-hybridized carbons (Fsp3) is 0.400. The highest BCUT2D eigenvalue weighted by Crippen LogP contribution is 2.35. The summed E-state index contributed by atoms with van der Waals surface area (Å²) in [4.78, 5) is 17.2. The van der Waals surface area contributed by atoms with E-state index in [1.807, 2.05) is 0 Å². The molecule has 0 spiro atoms. The number of sulfonamides is 1. The molecule has 1 fully saturated rings. The van der Waals surface area contributed by atoms with Gasteiger partial charge in [-0.3, -0.25) is 9.89 Å². The number of nitrogens with zero attached hydrogens (tertiary/aromatic N) is 3. The molecule has 0 aliphatic carbocycles. The summed E-state index contributed by atoms with van der Waals surface area (Å²) in [5.41, 5.74) is 2.25. The lowest BCUT2D eigenvalue weighted by molar-refractivity contribution is 0.251. The van der Waals surface area contributed by atoms with Gasteiger partial charge in [-0.1, -0.05) is 6.42 Å². The normalized spacial score (nSPS) is 18.2. The van der Waals surface area contributed by atoms with Gasteiger partial charge in [0, 0.05) is 23.9 Å². The number of piperidine rings is 1. The van der Waals surface area contributed by atoms with Gasteiger partial charge in [0.25, 0.3) is 5.56 Å². The zero-order valence-electron chi connectivity index (χ0n) is 16.7. The molecule has 9 heteroatoms. The molecule has 1 saturated heterocycles. The molecule has 4 rings (SSSR count). The number of aromatic amines is 1. The molecule has 154 valence electrons. The number of H-pyrrole nitrogens is 1. The minimum absolute atomic E-state index is 0.167. The SMILES string of the molecule is COc1ccc(S(=O)(=O)N2CCCC[C@H]2c2cc3nc(C)c(C)c(=O)n3[nH]2)cc1. The standard InChI is InChI=1S/C20H24N4O4S/c1-13-14(2)21-19-12-17(22-24(19)20(13)25)18-6-4-5-11-23(18)29(26,27)16-9-7-15(28-3)8-10-16/h7-10,12,18,22H,4-6,11H2,1-3H3/t18-/m0/s1. The largest absolute Gasteiger partial charge is 0.497 e. The van der Waals surface area contributed by atoms with Crippen molar-refractivity contribution in [3.63, 3.8) is 0 Å². The number of nitrogens with one attached hydrogen (secondary N) is 1. The van der Waals surface area contributed by atoms with Gasteiger partial charge in [0.2, 0.25) is 10.0 Å². The molecule has 29 heavy (non-hydrogen) atoms. The average Bonchev–Trinajstić information content (AvgIpc) is 3.16. The van der Waals surface area contributed by atoms with Crippen LogP contribution in [-0.2, 0) is 10.0 Å². The summed E-state index contributed by atoms with van der Waals surface area (Å²) in [7, 11) is -2.16. The predicted molar refractivity (Wildman–Crippen MR) is 109 cm³/mol. The Morgan fingerprint density at radius 2 is 1.90 bits per heavy atom. The zero-order chi connectivity index (χ0) is 20.8. The third kappa shape index (κ3) is 3.34. The van der Waals surface area contributed by atoms with Crippen LogP contribution in [0.2, 0.25) is 0 Å². The second-order valence-corrected chi connectivity index (χ2v) is 9.23. The molecular formula is C20H24N4O4S. The van der Waals surface area contributed by atoms with Crippen molar-refractivity contribution in [3.8, 4) is 5.75 Å². The summed E-state index contributed by atoms with van der Waals surface area (Å²) in [6, 6.07) is 7.80. The Hall–Kier alpha value is -2.65. The molecule has 3 aromatic rings. The van der Waals surface area contributed by atoms with Crippen LogP contribution in [0.15, 0.2) is 40.0 Å². The van der Waals surface area contributed by atoms with E-state index in [2.05, 4.69) is 10.1 Å². The van der Waals surface area contributed by atoms with Crippen LogP contribution in [0.25, 0.3) is 5.65 Å². The first-order chi connectivity index (χ1) is 13.8. The number of benzene rings is 1. The van der Waals surface area contributed by atoms with Gasteiger partial charge in [-0.2, -0.15) is 4.31 Å². The Labute approximate surface area is 169 Å². The van der Waals surface area contributed by atoms with Gasteiger partial charge < -0.3 is 4.74 Å². The summed E-state index contributed by atoms with van der Waals surface area (Å²) in [6.07, 6.45) is 2.38. The maximum Gasteiger partial charge on any atom is 0.275 e. The van der Waals surface area contributed by atoms with Crippen molar-refractivity contribution in [2.45, 2.75) is 44.0 Å². The first kappa shape index (κ1) is 19.7. The van der Waals surface area contributed by atoms with Gasteiger partial charge in [0.1, 0.15) is 5.75 Å². The van der Waals surface area contributed by atoms with Crippen LogP contribution in [0, 0.1) is 13.8 Å². The molecule has 1 aliphatic rings. The van der Waals surface area contributed by atoms with Crippen molar-refractivity contribution in [3.05, 3.63) is 57.6 Å². The van der Waals surface area contributed by atoms with Gasteiger partial charge in [-0.25, -0.2) is 17.9 Å². The van der Waals surface area contributed by atoms with Gasteiger partial charge in [0.15, 0.2) is 5.65 Å². The van der Waals surface area contributed by atoms with Gasteiger partial charge >= 0.3 is 0 Å². The first-order valence-electron chi connectivity index (χ1n) is 9.57. The molecule has 8 nitrogen and oxygen atoms in total. The molecule has 1 aliphatic heterocycles. The van der Waals surface area contributed by atoms with E-state index in [1.165, 1.54) is 8.82 Å². The van der Waals surface area contributed by atoms with E-state index in [0.717, 1.165) is 12.8 Å². The molecule has 0 saturated carbocycles. The summed E-state index contributed by atoms with van der Waals surface area (Å²) >= 11 is 0. The highest BCUT2D eigenvalue weighted by atomic mass is 32.2. The Bertz CT molecular complexity index is 1210. The van der Waals surface area contributed by atoms with E-state index in [1.54, 1.807) is 51.3 Å². The third-order valence-electron chi connectivity index (χ3n) is 5.58. The maximum atomic E-state index is 13.3. The van der Waals surface area contributed by atoms with E-state index in [0.29, 0.717) is 41.3 Å². The highest BCUT2D eigenvalue weighted by Gasteiger charge is 2.35. The number of rotatable bonds is 4. The summed E-state index contributed by atoms with van der Waals surface area (Å²) in [6.45, 7) is 3.96. The second-order valence-electron chi connectivity index (χ2n) is 7.34. The lowest BCUT2D eigenvalue weighted by atomic mass is 10.0. The summed E-state index contributed by atoms with van der Waals surface area (Å²) < 4.78 is 34.7. The smallest absolute Gasteiger partial charge is 0.275 e. The summed E-state index contributed by atoms with van der Waals surface area (Å²) in [5.74, 6) is 0.603. The summed E-state index contributed by atoms with van der Waals surface area (Å²) in [5, 5.41) is 3.09. The third-order valence-corrected chi connectivity index (χ3v) is 7.50. The topological polar surface area (TPSA) is 96.8 Å². The van der Waals surface area contributed by atoms with E-state index in [-0.39, 0.29) is 16.5 Å². The maximum absolute atomic E-state index is 13.3. The van der Waals surface area contributed by atoms with Crippen LogP contribution < -0.4 is 10.3 Å². The van der Waals surface area contributed by atoms with Crippen LogP contribution in [0.3, 0.4) is 0 Å². The Morgan fingerprint density at radius 3 is 2.59 bits per heavy atom. The van der Waals surface area contributed by atoms with Crippen molar-refractivity contribution in [1.82, 2.24) is 18.9 Å². The molecule has 0 bridgehead atoms. The van der Waals surface area contributed by atoms with Crippen LogP contribution >= 0.6 is 0 Å². The number of hydrogen-bond donors (Lipinski definition) is 1. The van der Waals surface area contributed by atoms with Crippen LogP contribution in [0.1, 0.15) is 42.3 Å². The number of aromatic nitrogens is 3. The van der Waals surface area contributed by atoms with Crippen molar-refractivity contribution >= 4 is 15.7 Å². The quantitative estimate of drug-likeness (QED) is 0.705. The molecular weight excluding hydrogens is 392 g/mol. The van der Waals surface area contributed by atoms with Gasteiger partial charge in [-0.15, -0.1) is 0 Å². The van der Waals surface area contributed by atoms with Crippen LogP contribution in [-0.4, -0.2) is 41.0 Å². The van der Waals surface area contributed by atoms with Crippen LogP contribution in [0.4, 0.5) is 0 Å². The Morgan fingerprint density at radius 1 is 1.17 bits per heavy atom. The second kappa shape index (κ2) is 7.31. The molecule has 0 unspecified atom stereocenters. The highest BCUT2D eigenvalue weighted by molar-refractivity contribution is 7.89. The minimum Gasteiger partial charge on any atom is -0.497 e. The number of methoxy groups -OCH3 is 1. The molecule has 3 heterocycles. The monoisotopic (exact) mass is 416 g/mol. The Kier molecular flexibility index (Phi) is 4.95. The number of hydrogen-bond acceptors (Lipinski definition) is 5. The lowest BCUT2D eigenvalue weighted by Crippen LogP contribution is -2.38. The van der Waals surface area contributed by atoms with E-state index in [4.69, 9.17) is 4.74 Å². The molecule has 1 atom stereocenters. The Balaban J connectivity index is 1.77. The molecule has 0 radical (unpaired) electrons. The number of ether oxygens (including phenoxy) is 1. The van der Waals surface area contributed by atoms with E-state index < -0.39 is 10.0 Å².